The van der Waals surface area contributed by atoms with Gasteiger partial charge in [0.1, 0.15) is 6.17 Å². The van der Waals surface area contributed by atoms with Crippen molar-refractivity contribution in [2.75, 3.05) is 6.54 Å². The first kappa shape index (κ1) is 12.5. The van der Waals surface area contributed by atoms with Gasteiger partial charge in [0, 0.05) is 6.04 Å². The van der Waals surface area contributed by atoms with Gasteiger partial charge in [-0.3, -0.25) is 10.1 Å². The van der Waals surface area contributed by atoms with Gasteiger partial charge < -0.3 is 4.90 Å². The topological polar surface area (TPSA) is 32.3 Å². The summed E-state index contributed by atoms with van der Waals surface area (Å²) in [5.41, 5.74) is 0.700. The van der Waals surface area contributed by atoms with Gasteiger partial charge in [-0.05, 0) is 29.5 Å². The predicted octanol–water partition coefficient (Wildman–Crippen LogP) is 2.19. The van der Waals surface area contributed by atoms with Gasteiger partial charge in [-0.1, -0.05) is 19.9 Å². The van der Waals surface area contributed by atoms with Crippen LogP contribution < -0.4 is 5.32 Å². The van der Waals surface area contributed by atoms with Gasteiger partial charge in [0.05, 0.1) is 6.54 Å². The summed E-state index contributed by atoms with van der Waals surface area (Å²) in [6.45, 7) is 4.45. The third-order valence-corrected chi connectivity index (χ3v) is 4.07. The smallest absolute Gasteiger partial charge is 0.238 e. The van der Waals surface area contributed by atoms with Gasteiger partial charge >= 0.3 is 0 Å². The zero-order valence-electron chi connectivity index (χ0n) is 10.9. The molecule has 2 unspecified atom stereocenters. The second-order valence-corrected chi connectivity index (χ2v) is 5.97. The second-order valence-electron chi connectivity index (χ2n) is 5.97. The molecule has 1 aliphatic carbocycles. The lowest BCUT2D eigenvalue weighted by Crippen LogP contribution is -2.34. The minimum absolute atomic E-state index is 0.0188. The number of hydrogen-bond donors (Lipinski definition) is 1. The minimum Gasteiger partial charge on any atom is -0.318 e. The molecule has 0 radical (unpaired) electrons. The van der Waals surface area contributed by atoms with Crippen molar-refractivity contribution in [2.24, 2.45) is 5.41 Å². The van der Waals surface area contributed by atoms with E-state index in [1.54, 1.807) is 4.90 Å². The fraction of sp³-hybridized carbons (Fsp3) is 0.500. The van der Waals surface area contributed by atoms with Crippen LogP contribution in [0.4, 0.5) is 8.78 Å². The standard InChI is InChI=1S/C14H16F2N2O/c1-14(2)6-11(14)18-12(19)7-17-13(18)8-3-4-9(15)10(16)5-8/h3-5,11,13,17H,6-7H2,1-2H3. The third-order valence-electron chi connectivity index (χ3n) is 4.07. The zero-order valence-corrected chi connectivity index (χ0v) is 10.9. The van der Waals surface area contributed by atoms with E-state index >= 15 is 0 Å². The molecule has 0 bridgehead atoms. The van der Waals surface area contributed by atoms with E-state index in [0.717, 1.165) is 18.6 Å². The molecule has 0 aromatic heterocycles. The maximum Gasteiger partial charge on any atom is 0.238 e. The zero-order chi connectivity index (χ0) is 13.8. The number of benzene rings is 1. The van der Waals surface area contributed by atoms with Gasteiger partial charge in [0.15, 0.2) is 11.6 Å². The van der Waals surface area contributed by atoms with Crippen molar-refractivity contribution in [3.8, 4) is 0 Å². The van der Waals surface area contributed by atoms with Crippen LogP contribution in [0.2, 0.25) is 0 Å². The predicted molar refractivity (Wildman–Crippen MR) is 66.1 cm³/mol. The molecular weight excluding hydrogens is 250 g/mol. The average molecular weight is 266 g/mol. The molecule has 3 nitrogen and oxygen atoms in total. The minimum atomic E-state index is -0.881. The Morgan fingerprint density at radius 3 is 2.58 bits per heavy atom. The highest BCUT2D eigenvalue weighted by molar-refractivity contribution is 5.81. The average Bonchev–Trinajstić information content (AvgIpc) is 2.79. The molecule has 1 saturated carbocycles. The molecule has 1 amide bonds. The molecule has 1 aliphatic heterocycles. The van der Waals surface area contributed by atoms with E-state index in [1.807, 2.05) is 0 Å². The Kier molecular flexibility index (Phi) is 2.64. The summed E-state index contributed by atoms with van der Waals surface area (Å²) >= 11 is 0. The SMILES string of the molecule is CC1(C)CC1N1C(=O)CNC1c1ccc(F)c(F)c1. The molecular formula is C14H16F2N2O. The Balaban J connectivity index is 1.91. The molecule has 2 atom stereocenters. The third kappa shape index (κ3) is 2.02. The normalized spacial score (nSPS) is 28.8. The van der Waals surface area contributed by atoms with E-state index < -0.39 is 11.6 Å². The van der Waals surface area contributed by atoms with Crippen molar-refractivity contribution in [3.05, 3.63) is 35.4 Å². The highest BCUT2D eigenvalue weighted by Gasteiger charge is 2.54. The second kappa shape index (κ2) is 4.00. The lowest BCUT2D eigenvalue weighted by atomic mass is 10.1. The Morgan fingerprint density at radius 2 is 2.00 bits per heavy atom. The number of rotatable bonds is 2. The van der Waals surface area contributed by atoms with E-state index in [0.29, 0.717) is 5.56 Å². The Morgan fingerprint density at radius 1 is 1.32 bits per heavy atom. The van der Waals surface area contributed by atoms with E-state index in [-0.39, 0.29) is 30.1 Å². The van der Waals surface area contributed by atoms with E-state index in [1.165, 1.54) is 6.07 Å². The quantitative estimate of drug-likeness (QED) is 0.890. The molecule has 5 heteroatoms. The first-order valence-electron chi connectivity index (χ1n) is 6.40. The van der Waals surface area contributed by atoms with Crippen LogP contribution in [0.5, 0.6) is 0 Å². The maximum atomic E-state index is 13.3. The summed E-state index contributed by atoms with van der Waals surface area (Å²) in [6.07, 6.45) is 0.593. The van der Waals surface area contributed by atoms with Crippen molar-refractivity contribution in [2.45, 2.75) is 32.5 Å². The van der Waals surface area contributed by atoms with E-state index in [9.17, 15) is 13.6 Å². The van der Waals surface area contributed by atoms with E-state index in [2.05, 4.69) is 19.2 Å². The van der Waals surface area contributed by atoms with Crippen LogP contribution in [0.3, 0.4) is 0 Å². The first-order valence-corrected chi connectivity index (χ1v) is 6.40. The lowest BCUT2D eigenvalue weighted by Gasteiger charge is -2.26. The van der Waals surface area contributed by atoms with Crippen LogP contribution in [-0.4, -0.2) is 23.4 Å². The molecule has 1 N–H and O–H groups in total. The summed E-state index contributed by atoms with van der Waals surface area (Å²) in [7, 11) is 0. The number of carbonyl (C=O) groups is 1. The van der Waals surface area contributed by atoms with Crippen LogP contribution in [0.15, 0.2) is 18.2 Å². The van der Waals surface area contributed by atoms with Crippen LogP contribution >= 0.6 is 0 Å². The number of carbonyl (C=O) groups excluding carboxylic acids is 1. The van der Waals surface area contributed by atoms with Crippen molar-refractivity contribution in [3.63, 3.8) is 0 Å². The highest BCUT2D eigenvalue weighted by atomic mass is 19.2. The maximum absolute atomic E-state index is 13.3. The molecule has 1 heterocycles. The Bertz CT molecular complexity index is 544. The molecule has 19 heavy (non-hydrogen) atoms. The van der Waals surface area contributed by atoms with Crippen LogP contribution in [0, 0.1) is 17.0 Å². The summed E-state index contributed by atoms with van der Waals surface area (Å²) in [6, 6.07) is 3.96. The van der Waals surface area contributed by atoms with E-state index in [4.69, 9.17) is 0 Å². The molecule has 3 rings (SSSR count). The molecule has 102 valence electrons. The summed E-state index contributed by atoms with van der Waals surface area (Å²) < 4.78 is 26.3. The molecule has 2 fully saturated rings. The Hall–Kier alpha value is -1.49. The van der Waals surface area contributed by atoms with Gasteiger partial charge in [-0.2, -0.15) is 0 Å². The fourth-order valence-electron chi connectivity index (χ4n) is 2.75. The number of hydrogen-bond acceptors (Lipinski definition) is 2. The van der Waals surface area contributed by atoms with Gasteiger partial charge in [-0.15, -0.1) is 0 Å². The number of nitrogens with one attached hydrogen (secondary N) is 1. The molecule has 1 saturated heterocycles. The van der Waals surface area contributed by atoms with Gasteiger partial charge in [-0.25, -0.2) is 8.78 Å². The van der Waals surface area contributed by atoms with Gasteiger partial charge in [0.25, 0.3) is 0 Å². The van der Waals surface area contributed by atoms with Crippen molar-refractivity contribution >= 4 is 5.91 Å². The Labute approximate surface area is 110 Å². The van der Waals surface area contributed by atoms with Crippen molar-refractivity contribution < 1.29 is 13.6 Å². The van der Waals surface area contributed by atoms with Crippen molar-refractivity contribution in [1.29, 1.82) is 0 Å². The van der Waals surface area contributed by atoms with Crippen LogP contribution in [0.1, 0.15) is 32.0 Å². The summed E-state index contributed by atoms with van der Waals surface area (Å²) in [4.78, 5) is 13.7. The molecule has 1 aromatic rings. The van der Waals surface area contributed by atoms with Gasteiger partial charge in [0.2, 0.25) is 5.91 Å². The number of amides is 1. The van der Waals surface area contributed by atoms with Crippen molar-refractivity contribution in [1.82, 2.24) is 10.2 Å². The van der Waals surface area contributed by atoms with Crippen LogP contribution in [0.25, 0.3) is 0 Å². The highest BCUT2D eigenvalue weighted by Crippen LogP contribution is 2.51. The first-order chi connectivity index (χ1) is 8.90. The molecule has 2 aliphatic rings. The lowest BCUT2D eigenvalue weighted by molar-refractivity contribution is -0.129. The summed E-state index contributed by atoms with van der Waals surface area (Å²) in [5, 5.41) is 3.07. The summed E-state index contributed by atoms with van der Waals surface area (Å²) in [5.74, 6) is -1.73. The van der Waals surface area contributed by atoms with Crippen LogP contribution in [-0.2, 0) is 4.79 Å². The molecule has 1 aromatic carbocycles. The number of nitrogens with zero attached hydrogens (tertiary/aromatic N) is 1. The largest absolute Gasteiger partial charge is 0.318 e. The molecule has 0 spiro atoms. The fourth-order valence-corrected chi connectivity index (χ4v) is 2.75. The monoisotopic (exact) mass is 266 g/mol. The number of halogens is 2.